The van der Waals surface area contributed by atoms with Crippen LogP contribution in [0.25, 0.3) is 0 Å². The molecule has 0 bridgehead atoms. The van der Waals surface area contributed by atoms with Crippen molar-refractivity contribution in [2.24, 2.45) is 11.8 Å². The second kappa shape index (κ2) is 4.66. The average molecular weight is 224 g/mol. The van der Waals surface area contributed by atoms with E-state index in [1.54, 1.807) is 0 Å². The first kappa shape index (κ1) is 12.4. The van der Waals surface area contributed by atoms with Crippen LogP contribution in [0.2, 0.25) is 0 Å². The smallest absolute Gasteiger partial charge is 0.0308 e. The fraction of sp³-hybridized carbons (Fsp3) is 1.00. The van der Waals surface area contributed by atoms with Crippen LogP contribution in [0.4, 0.5) is 0 Å². The Morgan fingerprint density at radius 3 is 2.56 bits per heavy atom. The molecule has 0 aromatic heterocycles. The normalized spacial score (nSPS) is 37.7. The fourth-order valence-electron chi connectivity index (χ4n) is 3.09. The molecule has 0 spiro atoms. The molecule has 1 N–H and O–H groups in total. The summed E-state index contributed by atoms with van der Waals surface area (Å²) in [5.41, 5.74) is 0.389. The van der Waals surface area contributed by atoms with E-state index in [2.05, 4.69) is 37.9 Å². The summed E-state index contributed by atoms with van der Waals surface area (Å²) in [6.45, 7) is 13.2. The first-order valence-electron chi connectivity index (χ1n) is 7.00. The van der Waals surface area contributed by atoms with Crippen LogP contribution < -0.4 is 5.32 Å². The molecule has 2 nitrogen and oxygen atoms in total. The largest absolute Gasteiger partial charge is 0.310 e. The van der Waals surface area contributed by atoms with E-state index in [0.29, 0.717) is 5.54 Å². The maximum Gasteiger partial charge on any atom is 0.0308 e. The van der Waals surface area contributed by atoms with Gasteiger partial charge in [0.25, 0.3) is 0 Å². The predicted molar refractivity (Wildman–Crippen MR) is 69.6 cm³/mol. The molecule has 2 aliphatic rings. The molecule has 2 rings (SSSR count). The van der Waals surface area contributed by atoms with Crippen molar-refractivity contribution in [1.29, 1.82) is 0 Å². The summed E-state index contributed by atoms with van der Waals surface area (Å²) < 4.78 is 0. The molecule has 2 atom stereocenters. The van der Waals surface area contributed by atoms with Crippen molar-refractivity contribution in [1.82, 2.24) is 10.2 Å². The zero-order chi connectivity index (χ0) is 11.8. The highest BCUT2D eigenvalue weighted by Gasteiger charge is 2.43. The minimum absolute atomic E-state index is 0.389. The Bertz CT molecular complexity index is 235. The molecule has 1 saturated carbocycles. The lowest BCUT2D eigenvalue weighted by atomic mass is 9.95. The van der Waals surface area contributed by atoms with Crippen LogP contribution in [-0.2, 0) is 0 Å². The van der Waals surface area contributed by atoms with E-state index in [0.717, 1.165) is 17.9 Å². The summed E-state index contributed by atoms with van der Waals surface area (Å²) in [5.74, 6) is 1.72. The summed E-state index contributed by atoms with van der Waals surface area (Å²) in [7, 11) is 0. The third-order valence-corrected chi connectivity index (χ3v) is 4.32. The number of nitrogens with zero attached hydrogens (tertiary/aromatic N) is 1. The number of hydrogen-bond donors (Lipinski definition) is 1. The summed E-state index contributed by atoms with van der Waals surface area (Å²) >= 11 is 0. The second-order valence-corrected chi connectivity index (χ2v) is 6.58. The van der Waals surface area contributed by atoms with Gasteiger partial charge in [0.2, 0.25) is 0 Å². The Morgan fingerprint density at radius 2 is 2.00 bits per heavy atom. The zero-order valence-electron chi connectivity index (χ0n) is 11.4. The van der Waals surface area contributed by atoms with Crippen molar-refractivity contribution in [2.45, 2.75) is 58.5 Å². The highest BCUT2D eigenvalue weighted by molar-refractivity contribution is 5.01. The van der Waals surface area contributed by atoms with Gasteiger partial charge in [0.05, 0.1) is 0 Å². The van der Waals surface area contributed by atoms with Crippen LogP contribution in [-0.4, -0.2) is 36.1 Å². The lowest BCUT2D eigenvalue weighted by Gasteiger charge is -2.36. The Kier molecular flexibility index (Phi) is 3.60. The SMILES string of the molecule is CC(C)CN1CC(C)(C2CC2)NCCC1C. The van der Waals surface area contributed by atoms with Gasteiger partial charge < -0.3 is 5.32 Å². The standard InChI is InChI=1S/C14H28N2/c1-11(2)9-16-10-14(4,13-5-6-13)15-8-7-12(16)3/h11-13,15H,5-10H2,1-4H3. The van der Waals surface area contributed by atoms with Gasteiger partial charge in [0.15, 0.2) is 0 Å². The zero-order valence-corrected chi connectivity index (χ0v) is 11.4. The fourth-order valence-corrected chi connectivity index (χ4v) is 3.09. The van der Waals surface area contributed by atoms with Crippen LogP contribution in [0.1, 0.15) is 47.0 Å². The van der Waals surface area contributed by atoms with Gasteiger partial charge in [-0.3, -0.25) is 4.90 Å². The van der Waals surface area contributed by atoms with Crippen molar-refractivity contribution in [3.05, 3.63) is 0 Å². The molecule has 2 unspecified atom stereocenters. The molecular weight excluding hydrogens is 196 g/mol. The van der Waals surface area contributed by atoms with Gasteiger partial charge in [-0.15, -0.1) is 0 Å². The third kappa shape index (κ3) is 2.78. The Labute approximate surface area is 101 Å². The number of nitrogens with one attached hydrogen (secondary N) is 1. The first-order valence-corrected chi connectivity index (χ1v) is 7.00. The van der Waals surface area contributed by atoms with Gasteiger partial charge in [-0.25, -0.2) is 0 Å². The molecule has 0 amide bonds. The minimum atomic E-state index is 0.389. The Hall–Kier alpha value is -0.0800. The summed E-state index contributed by atoms with van der Waals surface area (Å²) in [5, 5.41) is 3.81. The van der Waals surface area contributed by atoms with Gasteiger partial charge in [0.1, 0.15) is 0 Å². The monoisotopic (exact) mass is 224 g/mol. The van der Waals surface area contributed by atoms with Crippen molar-refractivity contribution in [3.63, 3.8) is 0 Å². The molecule has 0 radical (unpaired) electrons. The van der Waals surface area contributed by atoms with Crippen LogP contribution in [0.5, 0.6) is 0 Å². The van der Waals surface area contributed by atoms with Crippen LogP contribution in [0.3, 0.4) is 0 Å². The van der Waals surface area contributed by atoms with Crippen LogP contribution in [0, 0.1) is 11.8 Å². The summed E-state index contributed by atoms with van der Waals surface area (Å²) in [6.07, 6.45) is 4.18. The van der Waals surface area contributed by atoms with Crippen molar-refractivity contribution in [2.75, 3.05) is 19.6 Å². The molecule has 1 heterocycles. The van der Waals surface area contributed by atoms with E-state index in [9.17, 15) is 0 Å². The molecule has 1 aliphatic heterocycles. The van der Waals surface area contributed by atoms with E-state index >= 15 is 0 Å². The quantitative estimate of drug-likeness (QED) is 0.792. The number of rotatable bonds is 3. The van der Waals surface area contributed by atoms with Crippen molar-refractivity contribution < 1.29 is 0 Å². The van der Waals surface area contributed by atoms with Gasteiger partial charge >= 0.3 is 0 Å². The van der Waals surface area contributed by atoms with E-state index in [1.165, 1.54) is 38.9 Å². The third-order valence-electron chi connectivity index (χ3n) is 4.32. The summed E-state index contributed by atoms with van der Waals surface area (Å²) in [4.78, 5) is 2.71. The highest BCUT2D eigenvalue weighted by Crippen LogP contribution is 2.41. The van der Waals surface area contributed by atoms with Gasteiger partial charge in [0, 0.05) is 24.7 Å². The van der Waals surface area contributed by atoms with Gasteiger partial charge in [-0.05, 0) is 51.5 Å². The lowest BCUT2D eigenvalue weighted by molar-refractivity contribution is 0.146. The van der Waals surface area contributed by atoms with E-state index in [4.69, 9.17) is 0 Å². The van der Waals surface area contributed by atoms with Gasteiger partial charge in [-0.1, -0.05) is 13.8 Å². The molecule has 94 valence electrons. The minimum Gasteiger partial charge on any atom is -0.310 e. The maximum absolute atomic E-state index is 3.81. The summed E-state index contributed by atoms with van der Waals surface area (Å²) in [6, 6.07) is 0.746. The van der Waals surface area contributed by atoms with E-state index in [1.807, 2.05) is 0 Å². The number of hydrogen-bond acceptors (Lipinski definition) is 2. The maximum atomic E-state index is 3.81. The predicted octanol–water partition coefficient (Wildman–Crippen LogP) is 2.49. The van der Waals surface area contributed by atoms with E-state index < -0.39 is 0 Å². The van der Waals surface area contributed by atoms with Gasteiger partial charge in [-0.2, -0.15) is 0 Å². The second-order valence-electron chi connectivity index (χ2n) is 6.58. The lowest BCUT2D eigenvalue weighted by Crippen LogP contribution is -2.52. The molecule has 2 heteroatoms. The topological polar surface area (TPSA) is 15.3 Å². The molecule has 1 aliphatic carbocycles. The van der Waals surface area contributed by atoms with E-state index in [-0.39, 0.29) is 0 Å². The van der Waals surface area contributed by atoms with Crippen molar-refractivity contribution in [3.8, 4) is 0 Å². The van der Waals surface area contributed by atoms with Crippen LogP contribution >= 0.6 is 0 Å². The molecule has 1 saturated heterocycles. The average Bonchev–Trinajstić information content (AvgIpc) is 2.97. The molecule has 0 aromatic carbocycles. The van der Waals surface area contributed by atoms with Crippen LogP contribution in [0.15, 0.2) is 0 Å². The Balaban J connectivity index is 2.02. The first-order chi connectivity index (χ1) is 7.51. The molecule has 2 fully saturated rings. The van der Waals surface area contributed by atoms with Crippen molar-refractivity contribution >= 4 is 0 Å². The highest BCUT2D eigenvalue weighted by atomic mass is 15.2. The molecule has 16 heavy (non-hydrogen) atoms. The molecular formula is C14H28N2. The Morgan fingerprint density at radius 1 is 1.31 bits per heavy atom. The molecule has 0 aromatic rings.